The lowest BCUT2D eigenvalue weighted by atomic mass is 10.1. The van der Waals surface area contributed by atoms with Crippen LogP contribution in [-0.2, 0) is 4.12 Å². The van der Waals surface area contributed by atoms with Crippen molar-refractivity contribution in [3.63, 3.8) is 0 Å². The maximum Gasteiger partial charge on any atom is 0.395 e. The van der Waals surface area contributed by atoms with Gasteiger partial charge in [-0.1, -0.05) is 12.2 Å². The van der Waals surface area contributed by atoms with Gasteiger partial charge in [-0.15, -0.1) is 13.2 Å². The quantitative estimate of drug-likeness (QED) is 0.531. The Hall–Kier alpha value is -0.336. The van der Waals surface area contributed by atoms with Gasteiger partial charge in [-0.05, 0) is 19.6 Å². The van der Waals surface area contributed by atoms with E-state index >= 15 is 0 Å². The van der Waals surface area contributed by atoms with Gasteiger partial charge in [0.2, 0.25) is 0 Å². The Kier molecular flexibility index (Phi) is 5.71. The molecule has 0 rings (SSSR count). The third kappa shape index (κ3) is 5.67. The summed E-state index contributed by atoms with van der Waals surface area (Å²) in [5.41, 5.74) is -0.621. The second-order valence-electron chi connectivity index (χ2n) is 4.63. The van der Waals surface area contributed by atoms with E-state index in [1.165, 1.54) is 6.08 Å². The van der Waals surface area contributed by atoms with Gasteiger partial charge in [-0.2, -0.15) is 13.2 Å². The van der Waals surface area contributed by atoms with Crippen molar-refractivity contribution in [1.29, 1.82) is 0 Å². The van der Waals surface area contributed by atoms with Crippen molar-refractivity contribution in [2.45, 2.75) is 31.4 Å². The molecule has 0 bridgehead atoms. The van der Waals surface area contributed by atoms with Crippen LogP contribution in [0.4, 0.5) is 13.2 Å². The van der Waals surface area contributed by atoms with Crippen molar-refractivity contribution in [2.24, 2.45) is 5.92 Å². The van der Waals surface area contributed by atoms with Gasteiger partial charge in [-0.3, -0.25) is 0 Å². The average Bonchev–Trinajstić information content (AvgIpc) is 2.08. The lowest BCUT2D eigenvalue weighted by molar-refractivity contribution is -0.160. The lowest BCUT2D eigenvalue weighted by Crippen LogP contribution is -2.34. The van der Waals surface area contributed by atoms with E-state index in [9.17, 15) is 13.2 Å². The third-order valence-corrected chi connectivity index (χ3v) is 7.46. The zero-order chi connectivity index (χ0) is 13.0. The molecule has 0 heterocycles. The molecule has 0 radical (unpaired) electrons. The van der Waals surface area contributed by atoms with Crippen molar-refractivity contribution in [1.82, 2.24) is 0 Å². The maximum atomic E-state index is 12.6. The molecule has 0 fully saturated rings. The first kappa shape index (κ1) is 15.7. The molecule has 0 aliphatic carbocycles. The van der Waals surface area contributed by atoms with Crippen molar-refractivity contribution in [2.75, 3.05) is 0 Å². The van der Waals surface area contributed by atoms with E-state index in [1.54, 1.807) is 0 Å². The van der Waals surface area contributed by atoms with Gasteiger partial charge >= 0.3 is 6.18 Å². The molecule has 0 aliphatic heterocycles. The Balaban J connectivity index is 4.59. The first-order chi connectivity index (χ1) is 7.11. The average molecular weight is 268 g/mol. The van der Waals surface area contributed by atoms with Crippen LogP contribution in [0.1, 0.15) is 0 Å². The van der Waals surface area contributed by atoms with Gasteiger partial charge in [-0.25, -0.2) is 0 Å². The lowest BCUT2D eigenvalue weighted by Gasteiger charge is -2.26. The van der Waals surface area contributed by atoms with Crippen LogP contribution in [0.25, 0.3) is 0 Å². The molecule has 1 nitrogen and oxygen atoms in total. The smallest absolute Gasteiger partial charge is 0.395 e. The molecule has 0 spiro atoms. The standard InChI is InChI=1S/C10H19F3OSi2/c1-6-8(10(11,12)13)9(7-2)15-14-16(3,4)5/h6-9H,1-2,15H2,3-5H3. The molecule has 0 aliphatic rings. The Labute approximate surface area is 98.5 Å². The van der Waals surface area contributed by atoms with Crippen LogP contribution in [0.3, 0.4) is 0 Å². The van der Waals surface area contributed by atoms with Gasteiger partial charge in [0.1, 0.15) is 0 Å². The van der Waals surface area contributed by atoms with Crippen molar-refractivity contribution >= 4 is 18.1 Å². The summed E-state index contributed by atoms with van der Waals surface area (Å²) >= 11 is 0. The molecule has 0 saturated carbocycles. The van der Waals surface area contributed by atoms with E-state index in [0.717, 1.165) is 6.08 Å². The van der Waals surface area contributed by atoms with Gasteiger partial charge in [0.05, 0.1) is 5.92 Å². The summed E-state index contributed by atoms with van der Waals surface area (Å²) in [4.78, 5) is 0. The molecule has 94 valence electrons. The fourth-order valence-corrected chi connectivity index (χ4v) is 4.79. The van der Waals surface area contributed by atoms with Crippen LogP contribution in [-0.4, -0.2) is 24.3 Å². The van der Waals surface area contributed by atoms with E-state index in [4.69, 9.17) is 4.12 Å². The SMILES string of the molecule is C=CC([SiH2]O[Si](C)(C)C)C(C=C)C(F)(F)F. The Morgan fingerprint density at radius 3 is 1.94 bits per heavy atom. The molecule has 2 unspecified atom stereocenters. The van der Waals surface area contributed by atoms with E-state index in [0.29, 0.717) is 0 Å². The number of hydrogen-bond donors (Lipinski definition) is 0. The van der Waals surface area contributed by atoms with Crippen LogP contribution in [0, 0.1) is 5.92 Å². The molecule has 0 amide bonds. The van der Waals surface area contributed by atoms with Crippen LogP contribution in [0.2, 0.25) is 25.2 Å². The predicted octanol–water partition coefficient (Wildman–Crippen LogP) is 3.26. The highest BCUT2D eigenvalue weighted by atomic mass is 28.4. The minimum atomic E-state index is -4.25. The monoisotopic (exact) mass is 268 g/mol. The van der Waals surface area contributed by atoms with Crippen molar-refractivity contribution in [3.05, 3.63) is 25.3 Å². The summed E-state index contributed by atoms with van der Waals surface area (Å²) in [7, 11) is -3.01. The van der Waals surface area contributed by atoms with Crippen LogP contribution in [0.15, 0.2) is 25.3 Å². The maximum absolute atomic E-state index is 12.6. The highest BCUT2D eigenvalue weighted by Gasteiger charge is 2.42. The zero-order valence-corrected chi connectivity index (χ0v) is 12.4. The second-order valence-corrected chi connectivity index (χ2v) is 11.3. The Morgan fingerprint density at radius 1 is 1.19 bits per heavy atom. The van der Waals surface area contributed by atoms with Gasteiger partial charge in [0, 0.05) is 5.54 Å². The summed E-state index contributed by atoms with van der Waals surface area (Å²) in [5, 5.41) is 0. The molecule has 0 N–H and O–H groups in total. The number of rotatable bonds is 6. The topological polar surface area (TPSA) is 9.23 Å². The van der Waals surface area contributed by atoms with Crippen LogP contribution < -0.4 is 0 Å². The molecule has 16 heavy (non-hydrogen) atoms. The fraction of sp³-hybridized carbons (Fsp3) is 0.600. The Bertz CT molecular complexity index is 245. The first-order valence-corrected chi connectivity index (χ1v) is 9.88. The van der Waals surface area contributed by atoms with E-state index in [2.05, 4.69) is 13.2 Å². The Morgan fingerprint density at radius 2 is 1.69 bits per heavy atom. The predicted molar refractivity (Wildman–Crippen MR) is 66.7 cm³/mol. The van der Waals surface area contributed by atoms with Gasteiger partial charge in [0.15, 0.2) is 18.1 Å². The summed E-state index contributed by atoms with van der Waals surface area (Å²) in [6.45, 7) is 12.6. The first-order valence-electron chi connectivity index (χ1n) is 5.07. The van der Waals surface area contributed by atoms with Gasteiger partial charge in [0.25, 0.3) is 0 Å². The second kappa shape index (κ2) is 5.83. The summed E-state index contributed by atoms with van der Waals surface area (Å²) in [5.74, 6) is -1.52. The van der Waals surface area contributed by atoms with E-state index in [-0.39, 0.29) is 0 Å². The van der Waals surface area contributed by atoms with Crippen LogP contribution >= 0.6 is 0 Å². The highest BCUT2D eigenvalue weighted by Crippen LogP contribution is 2.36. The summed E-state index contributed by atoms with van der Waals surface area (Å²) < 4.78 is 43.5. The number of allylic oxidation sites excluding steroid dienone is 2. The summed E-state index contributed by atoms with van der Waals surface area (Å²) in [6.07, 6.45) is -1.95. The van der Waals surface area contributed by atoms with Gasteiger partial charge < -0.3 is 4.12 Å². The normalized spacial score (nSPS) is 17.4. The minimum absolute atomic E-state index is 0.621. The molecule has 2 atom stereocenters. The summed E-state index contributed by atoms with van der Waals surface area (Å²) in [6, 6.07) is 0. The van der Waals surface area contributed by atoms with Crippen LogP contribution in [0.5, 0.6) is 0 Å². The van der Waals surface area contributed by atoms with Crippen molar-refractivity contribution < 1.29 is 17.3 Å². The minimum Gasteiger partial charge on any atom is -0.460 e. The molecular formula is C10H19F3OSi2. The highest BCUT2D eigenvalue weighted by molar-refractivity contribution is 6.74. The molecule has 6 heteroatoms. The molecule has 0 saturated heterocycles. The molecule has 0 aromatic heterocycles. The molecular weight excluding hydrogens is 249 g/mol. The molecule has 0 aromatic rings. The zero-order valence-electron chi connectivity index (χ0n) is 9.97. The number of halogens is 3. The molecule has 0 aromatic carbocycles. The van der Waals surface area contributed by atoms with E-state index in [1.807, 2.05) is 19.6 Å². The van der Waals surface area contributed by atoms with Crippen molar-refractivity contribution in [3.8, 4) is 0 Å². The van der Waals surface area contributed by atoms with E-state index < -0.39 is 35.7 Å². The largest absolute Gasteiger partial charge is 0.460 e. The fourth-order valence-electron chi connectivity index (χ4n) is 1.22. The number of alkyl halides is 3. The third-order valence-electron chi connectivity index (χ3n) is 2.10. The number of hydrogen-bond acceptors (Lipinski definition) is 1.